The summed E-state index contributed by atoms with van der Waals surface area (Å²) in [5.74, 6) is -1.31. The second kappa shape index (κ2) is 9.62. The van der Waals surface area contributed by atoms with Crippen molar-refractivity contribution in [2.45, 2.75) is 24.7 Å². The monoisotopic (exact) mass is 470 g/mol. The number of carboxylic acids is 1. The molecular formula is C28H26N2O5. The van der Waals surface area contributed by atoms with Gasteiger partial charge < -0.3 is 20.1 Å². The highest BCUT2D eigenvalue weighted by molar-refractivity contribution is 5.96. The molecule has 0 aromatic heterocycles. The number of ether oxygens (including phenoxy) is 1. The Balaban J connectivity index is 1.15. The molecule has 1 aliphatic heterocycles. The Labute approximate surface area is 203 Å². The first-order valence-electron chi connectivity index (χ1n) is 11.7. The molecule has 0 spiro atoms. The van der Waals surface area contributed by atoms with Crippen LogP contribution in [-0.2, 0) is 14.3 Å². The fourth-order valence-electron chi connectivity index (χ4n) is 5.17. The van der Waals surface area contributed by atoms with E-state index in [1.807, 2.05) is 48.5 Å². The van der Waals surface area contributed by atoms with Gasteiger partial charge in [0.05, 0.1) is 6.42 Å². The molecule has 2 aliphatic rings. The quantitative estimate of drug-likeness (QED) is 0.529. The first-order valence-corrected chi connectivity index (χ1v) is 11.7. The molecule has 3 aromatic rings. The van der Waals surface area contributed by atoms with Gasteiger partial charge in [-0.15, -0.1) is 0 Å². The lowest BCUT2D eigenvalue weighted by molar-refractivity contribution is -0.137. The lowest BCUT2D eigenvalue weighted by Crippen LogP contribution is -2.34. The van der Waals surface area contributed by atoms with Crippen molar-refractivity contribution in [3.05, 3.63) is 89.5 Å². The summed E-state index contributed by atoms with van der Waals surface area (Å²) in [5, 5.41) is 11.9. The van der Waals surface area contributed by atoms with Crippen LogP contribution in [-0.4, -0.2) is 42.8 Å². The van der Waals surface area contributed by atoms with Gasteiger partial charge in [-0.1, -0.05) is 66.7 Å². The Bertz CT molecular complexity index is 1240. The van der Waals surface area contributed by atoms with Gasteiger partial charge in [0.1, 0.15) is 6.61 Å². The molecule has 1 unspecified atom stereocenters. The molecule has 1 heterocycles. The van der Waals surface area contributed by atoms with Gasteiger partial charge in [-0.3, -0.25) is 9.59 Å². The minimum atomic E-state index is -0.893. The second-order valence-electron chi connectivity index (χ2n) is 8.86. The molecule has 0 radical (unpaired) electrons. The number of carbonyl (C=O) groups is 3. The van der Waals surface area contributed by atoms with Crippen molar-refractivity contribution in [1.29, 1.82) is 0 Å². The molecule has 7 nitrogen and oxygen atoms in total. The fraction of sp³-hybridized carbons (Fsp3) is 0.250. The third-order valence-electron chi connectivity index (χ3n) is 6.74. The number of amides is 2. The Kier molecular flexibility index (Phi) is 6.23. The molecule has 0 fully saturated rings. The van der Waals surface area contributed by atoms with E-state index in [2.05, 4.69) is 29.6 Å². The molecule has 2 amide bonds. The van der Waals surface area contributed by atoms with Crippen molar-refractivity contribution in [3.8, 4) is 11.1 Å². The Morgan fingerprint density at radius 2 is 1.49 bits per heavy atom. The summed E-state index contributed by atoms with van der Waals surface area (Å²) in [4.78, 5) is 38.1. The van der Waals surface area contributed by atoms with E-state index in [0.717, 1.165) is 33.5 Å². The molecule has 1 aliphatic carbocycles. The maximum absolute atomic E-state index is 12.8. The average Bonchev–Trinajstić information content (AvgIpc) is 3.38. The van der Waals surface area contributed by atoms with E-state index >= 15 is 0 Å². The van der Waals surface area contributed by atoms with Gasteiger partial charge in [-0.25, -0.2) is 4.79 Å². The highest BCUT2D eigenvalue weighted by Gasteiger charge is 2.33. The molecule has 1 atom stereocenters. The number of anilines is 1. The number of nitrogens with zero attached hydrogens (tertiary/aromatic N) is 1. The number of carboxylic acid groups (broad SMARTS) is 1. The average molecular weight is 471 g/mol. The zero-order valence-electron chi connectivity index (χ0n) is 19.1. The van der Waals surface area contributed by atoms with E-state index in [0.29, 0.717) is 6.54 Å². The van der Waals surface area contributed by atoms with Crippen molar-refractivity contribution in [2.75, 3.05) is 24.6 Å². The number of carbonyl (C=O) groups excluding carboxylic acids is 2. The van der Waals surface area contributed by atoms with Crippen molar-refractivity contribution in [2.24, 2.45) is 0 Å². The van der Waals surface area contributed by atoms with Crippen molar-refractivity contribution in [1.82, 2.24) is 5.32 Å². The SMILES string of the molecule is O=C(O)CC1CN(C(=O)CCNC(=O)OCC2c3ccccc3-c3ccccc32)c2ccccc21. The topological polar surface area (TPSA) is 95.9 Å². The molecule has 3 aromatic carbocycles. The van der Waals surface area contributed by atoms with Gasteiger partial charge in [-0.05, 0) is 33.9 Å². The number of para-hydroxylation sites is 1. The number of hydrogen-bond donors (Lipinski definition) is 2. The lowest BCUT2D eigenvalue weighted by atomic mass is 9.98. The van der Waals surface area contributed by atoms with E-state index in [1.165, 1.54) is 0 Å². The van der Waals surface area contributed by atoms with Crippen LogP contribution >= 0.6 is 0 Å². The van der Waals surface area contributed by atoms with Crippen molar-refractivity contribution in [3.63, 3.8) is 0 Å². The summed E-state index contributed by atoms with van der Waals surface area (Å²) in [5.41, 5.74) is 6.21. The van der Waals surface area contributed by atoms with Gasteiger partial charge in [0.2, 0.25) is 5.91 Å². The smallest absolute Gasteiger partial charge is 0.407 e. The first-order chi connectivity index (χ1) is 17.0. The summed E-state index contributed by atoms with van der Waals surface area (Å²) >= 11 is 0. The minimum absolute atomic E-state index is 0.0259. The van der Waals surface area contributed by atoms with E-state index < -0.39 is 12.1 Å². The summed E-state index contributed by atoms with van der Waals surface area (Å²) in [7, 11) is 0. The number of benzene rings is 3. The summed E-state index contributed by atoms with van der Waals surface area (Å²) < 4.78 is 5.52. The number of rotatable bonds is 7. The maximum Gasteiger partial charge on any atom is 0.407 e. The molecule has 2 N–H and O–H groups in total. The fourth-order valence-corrected chi connectivity index (χ4v) is 5.17. The van der Waals surface area contributed by atoms with Crippen LogP contribution in [0.15, 0.2) is 72.8 Å². The third-order valence-corrected chi connectivity index (χ3v) is 6.74. The summed E-state index contributed by atoms with van der Waals surface area (Å²) in [6.07, 6.45) is -0.498. The van der Waals surface area contributed by atoms with Crippen LogP contribution < -0.4 is 10.2 Å². The van der Waals surface area contributed by atoms with Gasteiger partial charge in [0.15, 0.2) is 0 Å². The van der Waals surface area contributed by atoms with Crippen LogP contribution in [0.3, 0.4) is 0 Å². The maximum atomic E-state index is 12.8. The number of nitrogens with one attached hydrogen (secondary N) is 1. The highest BCUT2D eigenvalue weighted by Crippen LogP contribution is 2.44. The second-order valence-corrected chi connectivity index (χ2v) is 8.86. The Hall–Kier alpha value is -4.13. The predicted octanol–water partition coefficient (Wildman–Crippen LogP) is 4.52. The normalized spacial score (nSPS) is 15.8. The number of fused-ring (bicyclic) bond motifs is 4. The van der Waals surface area contributed by atoms with E-state index in [4.69, 9.17) is 4.74 Å². The molecule has 0 bridgehead atoms. The number of aliphatic carboxylic acids is 1. The zero-order chi connectivity index (χ0) is 24.4. The predicted molar refractivity (Wildman–Crippen MR) is 131 cm³/mol. The van der Waals surface area contributed by atoms with E-state index in [9.17, 15) is 19.5 Å². The van der Waals surface area contributed by atoms with Crippen molar-refractivity contribution < 1.29 is 24.2 Å². The van der Waals surface area contributed by atoms with Crippen LogP contribution in [0, 0.1) is 0 Å². The molecule has 5 rings (SSSR count). The molecule has 0 saturated heterocycles. The van der Waals surface area contributed by atoms with Crippen LogP contribution in [0.5, 0.6) is 0 Å². The number of alkyl carbamates (subject to hydrolysis) is 1. The largest absolute Gasteiger partial charge is 0.481 e. The first kappa shape index (κ1) is 22.7. The third kappa shape index (κ3) is 4.49. The molecule has 35 heavy (non-hydrogen) atoms. The molecular weight excluding hydrogens is 444 g/mol. The van der Waals surface area contributed by atoms with Gasteiger partial charge in [0.25, 0.3) is 0 Å². The Morgan fingerprint density at radius 3 is 2.14 bits per heavy atom. The van der Waals surface area contributed by atoms with Crippen LogP contribution in [0.25, 0.3) is 11.1 Å². The molecule has 7 heteroatoms. The lowest BCUT2D eigenvalue weighted by Gasteiger charge is -2.18. The van der Waals surface area contributed by atoms with Crippen molar-refractivity contribution >= 4 is 23.7 Å². The summed E-state index contributed by atoms with van der Waals surface area (Å²) in [6.45, 7) is 0.678. The van der Waals surface area contributed by atoms with Gasteiger partial charge in [-0.2, -0.15) is 0 Å². The van der Waals surface area contributed by atoms with Crippen LogP contribution in [0.1, 0.15) is 41.4 Å². The van der Waals surface area contributed by atoms with Gasteiger partial charge in [0, 0.05) is 37.0 Å². The Morgan fingerprint density at radius 1 is 0.886 bits per heavy atom. The molecule has 178 valence electrons. The van der Waals surface area contributed by atoms with E-state index in [-0.39, 0.29) is 43.7 Å². The standard InChI is InChI=1S/C28H26N2O5/c31-26(30-16-18(15-27(32)33)19-7-5-6-12-25(19)30)13-14-29-28(34)35-17-24-22-10-3-1-8-20(22)21-9-2-4-11-23(21)24/h1-12,18,24H,13-17H2,(H,29,34)(H,32,33). The summed E-state index contributed by atoms with van der Waals surface area (Å²) in [6, 6.07) is 23.6. The van der Waals surface area contributed by atoms with Crippen LogP contribution in [0.4, 0.5) is 10.5 Å². The minimum Gasteiger partial charge on any atom is -0.481 e. The van der Waals surface area contributed by atoms with Crippen LogP contribution in [0.2, 0.25) is 0 Å². The zero-order valence-corrected chi connectivity index (χ0v) is 19.1. The highest BCUT2D eigenvalue weighted by atomic mass is 16.5. The molecule has 0 saturated carbocycles. The number of hydrogen-bond acceptors (Lipinski definition) is 4. The van der Waals surface area contributed by atoms with Gasteiger partial charge >= 0.3 is 12.1 Å². The van der Waals surface area contributed by atoms with E-state index in [1.54, 1.807) is 4.90 Å².